The molecular formula is C20H14ClN3S. The number of rotatable bonds is 4. The monoisotopic (exact) mass is 363 g/mol. The predicted molar refractivity (Wildman–Crippen MR) is 106 cm³/mol. The van der Waals surface area contributed by atoms with E-state index in [-0.39, 0.29) is 0 Å². The van der Waals surface area contributed by atoms with E-state index in [2.05, 4.69) is 15.7 Å². The maximum Gasteiger partial charge on any atom is 0.127 e. The smallest absolute Gasteiger partial charge is 0.127 e. The fourth-order valence-electron chi connectivity index (χ4n) is 2.50. The standard InChI is InChI=1S/C20H14ClN3S/c21-15-8-6-14(7-9-15)19-13-25-20(24-19)17-12-22-11-10-18(17)23-16-4-2-1-3-5-16/h1-13H,(H,22,23). The highest BCUT2D eigenvalue weighted by Gasteiger charge is 2.11. The Balaban J connectivity index is 1.68. The molecule has 0 bridgehead atoms. The minimum Gasteiger partial charge on any atom is -0.355 e. The highest BCUT2D eigenvalue weighted by Crippen LogP contribution is 2.34. The summed E-state index contributed by atoms with van der Waals surface area (Å²) < 4.78 is 0. The Morgan fingerprint density at radius 2 is 1.72 bits per heavy atom. The van der Waals surface area contributed by atoms with Crippen molar-refractivity contribution in [2.24, 2.45) is 0 Å². The Bertz CT molecular complexity index is 981. The molecule has 122 valence electrons. The van der Waals surface area contributed by atoms with Crippen LogP contribution in [0.1, 0.15) is 0 Å². The maximum absolute atomic E-state index is 5.96. The van der Waals surface area contributed by atoms with Crippen molar-refractivity contribution in [3.8, 4) is 21.8 Å². The van der Waals surface area contributed by atoms with E-state index in [9.17, 15) is 0 Å². The third kappa shape index (κ3) is 3.55. The van der Waals surface area contributed by atoms with Gasteiger partial charge < -0.3 is 5.32 Å². The van der Waals surface area contributed by atoms with Gasteiger partial charge in [-0.25, -0.2) is 4.98 Å². The van der Waals surface area contributed by atoms with Crippen molar-refractivity contribution in [3.63, 3.8) is 0 Å². The third-order valence-corrected chi connectivity index (χ3v) is 4.88. The summed E-state index contributed by atoms with van der Waals surface area (Å²) in [6.07, 6.45) is 3.62. The van der Waals surface area contributed by atoms with Crippen molar-refractivity contribution in [2.75, 3.05) is 5.32 Å². The van der Waals surface area contributed by atoms with Crippen LogP contribution in [0.5, 0.6) is 0 Å². The number of benzene rings is 2. The third-order valence-electron chi connectivity index (χ3n) is 3.75. The Labute approximate surface area is 155 Å². The van der Waals surface area contributed by atoms with Gasteiger partial charge in [-0.05, 0) is 30.3 Å². The molecule has 0 atom stereocenters. The van der Waals surface area contributed by atoms with Crippen molar-refractivity contribution in [1.82, 2.24) is 9.97 Å². The second kappa shape index (κ2) is 7.05. The summed E-state index contributed by atoms with van der Waals surface area (Å²) in [4.78, 5) is 9.04. The van der Waals surface area contributed by atoms with Gasteiger partial charge in [0.2, 0.25) is 0 Å². The largest absolute Gasteiger partial charge is 0.355 e. The molecule has 0 amide bonds. The van der Waals surface area contributed by atoms with Crippen LogP contribution < -0.4 is 5.32 Å². The molecule has 0 fully saturated rings. The molecule has 0 saturated heterocycles. The number of thiazole rings is 1. The summed E-state index contributed by atoms with van der Waals surface area (Å²) in [6.45, 7) is 0. The predicted octanol–water partition coefficient (Wildman–Crippen LogP) is 6.27. The molecule has 0 aliphatic carbocycles. The van der Waals surface area contributed by atoms with Crippen LogP contribution in [-0.4, -0.2) is 9.97 Å². The van der Waals surface area contributed by atoms with Gasteiger partial charge >= 0.3 is 0 Å². The molecule has 5 heteroatoms. The summed E-state index contributed by atoms with van der Waals surface area (Å²) in [7, 11) is 0. The van der Waals surface area contributed by atoms with Crippen molar-refractivity contribution in [1.29, 1.82) is 0 Å². The molecule has 1 N–H and O–H groups in total. The van der Waals surface area contributed by atoms with E-state index in [0.717, 1.165) is 38.2 Å². The molecule has 4 rings (SSSR count). The van der Waals surface area contributed by atoms with Crippen molar-refractivity contribution >= 4 is 34.3 Å². The Morgan fingerprint density at radius 1 is 0.920 bits per heavy atom. The fourth-order valence-corrected chi connectivity index (χ4v) is 3.48. The first-order chi connectivity index (χ1) is 12.3. The van der Waals surface area contributed by atoms with Crippen LogP contribution in [0.15, 0.2) is 78.4 Å². The molecule has 0 aliphatic heterocycles. The Hall–Kier alpha value is -2.69. The van der Waals surface area contributed by atoms with Crippen LogP contribution in [-0.2, 0) is 0 Å². The Kier molecular flexibility index (Phi) is 4.46. The van der Waals surface area contributed by atoms with Crippen LogP contribution in [0.4, 0.5) is 11.4 Å². The molecular weight excluding hydrogens is 350 g/mol. The van der Waals surface area contributed by atoms with E-state index in [1.807, 2.05) is 66.9 Å². The number of pyridine rings is 1. The number of anilines is 2. The number of nitrogens with zero attached hydrogens (tertiary/aromatic N) is 2. The van der Waals surface area contributed by atoms with Gasteiger partial charge in [0, 0.05) is 34.0 Å². The maximum atomic E-state index is 5.96. The topological polar surface area (TPSA) is 37.8 Å². The normalized spacial score (nSPS) is 10.6. The first-order valence-electron chi connectivity index (χ1n) is 7.77. The highest BCUT2D eigenvalue weighted by atomic mass is 35.5. The quantitative estimate of drug-likeness (QED) is 0.464. The summed E-state index contributed by atoms with van der Waals surface area (Å²) in [5, 5.41) is 7.14. The van der Waals surface area contributed by atoms with Gasteiger partial charge in [0.25, 0.3) is 0 Å². The molecule has 4 aromatic rings. The van der Waals surface area contributed by atoms with Crippen molar-refractivity contribution < 1.29 is 0 Å². The summed E-state index contributed by atoms with van der Waals surface area (Å²) in [6, 6.07) is 19.8. The fraction of sp³-hybridized carbons (Fsp3) is 0. The lowest BCUT2D eigenvalue weighted by atomic mass is 10.2. The average Bonchev–Trinajstić information content (AvgIpc) is 3.14. The van der Waals surface area contributed by atoms with E-state index in [0.29, 0.717) is 0 Å². The molecule has 0 radical (unpaired) electrons. The molecule has 3 nitrogen and oxygen atoms in total. The van der Waals surface area contributed by atoms with Crippen LogP contribution in [0.2, 0.25) is 5.02 Å². The van der Waals surface area contributed by atoms with Gasteiger partial charge in [-0.1, -0.05) is 41.9 Å². The molecule has 2 heterocycles. The molecule has 0 spiro atoms. The Morgan fingerprint density at radius 3 is 2.52 bits per heavy atom. The molecule has 0 unspecified atom stereocenters. The molecule has 2 aromatic carbocycles. The zero-order valence-electron chi connectivity index (χ0n) is 13.2. The minimum atomic E-state index is 0.723. The van der Waals surface area contributed by atoms with E-state index >= 15 is 0 Å². The van der Waals surface area contributed by atoms with Gasteiger partial charge in [0.05, 0.1) is 16.9 Å². The number of nitrogens with one attached hydrogen (secondary N) is 1. The van der Waals surface area contributed by atoms with Gasteiger partial charge in [-0.2, -0.15) is 0 Å². The highest BCUT2D eigenvalue weighted by molar-refractivity contribution is 7.13. The van der Waals surface area contributed by atoms with Gasteiger partial charge in [0.1, 0.15) is 5.01 Å². The summed E-state index contributed by atoms with van der Waals surface area (Å²) in [5.74, 6) is 0. The number of aromatic nitrogens is 2. The lowest BCUT2D eigenvalue weighted by Gasteiger charge is -2.09. The first kappa shape index (κ1) is 15.8. The number of hydrogen-bond donors (Lipinski definition) is 1. The SMILES string of the molecule is Clc1ccc(-c2csc(-c3cnccc3Nc3ccccc3)n2)cc1. The number of para-hydroxylation sites is 1. The van der Waals surface area contributed by atoms with Gasteiger partial charge in [0.15, 0.2) is 0 Å². The number of halogens is 1. The van der Waals surface area contributed by atoms with Crippen LogP contribution in [0.3, 0.4) is 0 Å². The summed E-state index contributed by atoms with van der Waals surface area (Å²) >= 11 is 7.57. The lowest BCUT2D eigenvalue weighted by molar-refractivity contribution is 1.31. The first-order valence-corrected chi connectivity index (χ1v) is 9.03. The van der Waals surface area contributed by atoms with Crippen LogP contribution in [0, 0.1) is 0 Å². The van der Waals surface area contributed by atoms with E-state index in [1.165, 1.54) is 0 Å². The second-order valence-electron chi connectivity index (χ2n) is 5.46. The van der Waals surface area contributed by atoms with E-state index < -0.39 is 0 Å². The zero-order valence-corrected chi connectivity index (χ0v) is 14.8. The molecule has 0 aliphatic rings. The summed E-state index contributed by atoms with van der Waals surface area (Å²) in [5.41, 5.74) is 4.98. The second-order valence-corrected chi connectivity index (χ2v) is 6.75. The molecule has 0 saturated carbocycles. The van der Waals surface area contributed by atoms with Crippen molar-refractivity contribution in [3.05, 3.63) is 83.5 Å². The lowest BCUT2D eigenvalue weighted by Crippen LogP contribution is -1.93. The van der Waals surface area contributed by atoms with Crippen LogP contribution >= 0.6 is 22.9 Å². The van der Waals surface area contributed by atoms with E-state index in [4.69, 9.17) is 16.6 Å². The average molecular weight is 364 g/mol. The molecule has 2 aromatic heterocycles. The minimum absolute atomic E-state index is 0.723. The van der Waals surface area contributed by atoms with Gasteiger partial charge in [-0.15, -0.1) is 11.3 Å². The molecule has 25 heavy (non-hydrogen) atoms. The van der Waals surface area contributed by atoms with Crippen LogP contribution in [0.25, 0.3) is 21.8 Å². The number of hydrogen-bond acceptors (Lipinski definition) is 4. The zero-order chi connectivity index (χ0) is 17.1. The van der Waals surface area contributed by atoms with Gasteiger partial charge in [-0.3, -0.25) is 4.98 Å². The van der Waals surface area contributed by atoms with Crippen molar-refractivity contribution in [2.45, 2.75) is 0 Å². The van der Waals surface area contributed by atoms with E-state index in [1.54, 1.807) is 17.5 Å².